The van der Waals surface area contributed by atoms with E-state index in [1.165, 1.54) is 31.0 Å². The minimum atomic E-state index is -3.91. The highest BCUT2D eigenvalue weighted by atomic mass is 32.2. The number of sulfonamides is 1. The zero-order chi connectivity index (χ0) is 23.3. The van der Waals surface area contributed by atoms with Gasteiger partial charge in [0.2, 0.25) is 10.0 Å². The fourth-order valence-corrected chi connectivity index (χ4v) is 5.32. The molecular weight excluding hydrogens is 452 g/mol. The van der Waals surface area contributed by atoms with Crippen molar-refractivity contribution in [2.75, 3.05) is 46.8 Å². The van der Waals surface area contributed by atoms with Crippen LogP contribution < -0.4 is 14.2 Å². The Kier molecular flexibility index (Phi) is 8.05. The Morgan fingerprint density at radius 2 is 1.84 bits per heavy atom. The molecule has 0 aliphatic carbocycles. The smallest absolute Gasteiger partial charge is 0.255 e. The van der Waals surface area contributed by atoms with Crippen LogP contribution in [0.2, 0.25) is 0 Å². The van der Waals surface area contributed by atoms with Gasteiger partial charge < -0.3 is 19.1 Å². The molecule has 1 N–H and O–H groups in total. The van der Waals surface area contributed by atoms with Gasteiger partial charge in [0.1, 0.15) is 11.5 Å². The van der Waals surface area contributed by atoms with Gasteiger partial charge in [-0.3, -0.25) is 4.79 Å². The number of amides is 1. The molecule has 1 aliphatic heterocycles. The third-order valence-corrected chi connectivity index (χ3v) is 7.58. The zero-order valence-corrected chi connectivity index (χ0v) is 20.2. The summed E-state index contributed by atoms with van der Waals surface area (Å²) in [5, 5.41) is 0. The van der Waals surface area contributed by atoms with E-state index in [-0.39, 0.29) is 10.8 Å². The van der Waals surface area contributed by atoms with Gasteiger partial charge in [0.25, 0.3) is 5.91 Å². The number of carbonyl (C=O) groups excluding carboxylic acids is 1. The van der Waals surface area contributed by atoms with E-state index >= 15 is 0 Å². The van der Waals surface area contributed by atoms with E-state index in [1.54, 1.807) is 43.2 Å². The molecule has 1 atom stereocenters. The molecule has 2 aromatic rings. The number of ether oxygens (including phenoxy) is 3. The summed E-state index contributed by atoms with van der Waals surface area (Å²) in [6.07, 6.45) is 1.86. The number of hydrogen-bond donors (Lipinski definition) is 1. The maximum Gasteiger partial charge on any atom is 0.255 e. The maximum atomic E-state index is 13.2. The van der Waals surface area contributed by atoms with Crippen LogP contribution >= 0.6 is 11.8 Å². The molecule has 1 heterocycles. The van der Waals surface area contributed by atoms with Gasteiger partial charge in [0, 0.05) is 29.6 Å². The van der Waals surface area contributed by atoms with Crippen LogP contribution in [0.3, 0.4) is 0 Å². The van der Waals surface area contributed by atoms with Crippen molar-refractivity contribution in [3.63, 3.8) is 0 Å². The van der Waals surface area contributed by atoms with Crippen molar-refractivity contribution in [3.05, 3.63) is 47.5 Å². The van der Waals surface area contributed by atoms with E-state index < -0.39 is 16.1 Å². The van der Waals surface area contributed by atoms with E-state index in [9.17, 15) is 13.2 Å². The lowest BCUT2D eigenvalue weighted by atomic mass is 10.1. The quantitative estimate of drug-likeness (QED) is 0.581. The van der Waals surface area contributed by atoms with Crippen molar-refractivity contribution in [3.8, 4) is 11.5 Å². The first-order valence-electron chi connectivity index (χ1n) is 10.1. The van der Waals surface area contributed by atoms with Crippen molar-refractivity contribution in [1.82, 2.24) is 9.62 Å². The van der Waals surface area contributed by atoms with Crippen LogP contribution in [0.15, 0.2) is 46.2 Å². The first-order valence-corrected chi connectivity index (χ1v) is 12.8. The summed E-state index contributed by atoms with van der Waals surface area (Å²) in [7, 11) is -0.848. The van der Waals surface area contributed by atoms with Crippen LogP contribution in [0.4, 0.5) is 0 Å². The molecule has 8 nitrogen and oxygen atoms in total. The molecule has 1 fully saturated rings. The van der Waals surface area contributed by atoms with Gasteiger partial charge >= 0.3 is 0 Å². The Morgan fingerprint density at radius 1 is 1.12 bits per heavy atom. The Morgan fingerprint density at radius 3 is 2.47 bits per heavy atom. The SMILES string of the molecule is COc1ccc(OC)c(C(C)NS(=O)(=O)c2ccc(SC)c(C(=O)N3CCOCC3)c2)c1. The minimum Gasteiger partial charge on any atom is -0.497 e. The van der Waals surface area contributed by atoms with Gasteiger partial charge in [-0.1, -0.05) is 0 Å². The molecule has 1 amide bonds. The van der Waals surface area contributed by atoms with E-state index in [4.69, 9.17) is 14.2 Å². The largest absolute Gasteiger partial charge is 0.497 e. The molecule has 174 valence electrons. The maximum absolute atomic E-state index is 13.2. The van der Waals surface area contributed by atoms with Gasteiger partial charge in [0.05, 0.1) is 37.9 Å². The summed E-state index contributed by atoms with van der Waals surface area (Å²) in [4.78, 5) is 15.5. The molecule has 0 spiro atoms. The number of benzene rings is 2. The summed E-state index contributed by atoms with van der Waals surface area (Å²) in [6.45, 7) is 3.63. The predicted octanol–water partition coefficient (Wildman–Crippen LogP) is 2.94. The Hall–Kier alpha value is -2.27. The van der Waals surface area contributed by atoms with Crippen LogP contribution in [-0.4, -0.2) is 66.0 Å². The molecule has 1 aliphatic rings. The average Bonchev–Trinajstić information content (AvgIpc) is 2.82. The molecule has 0 radical (unpaired) electrons. The lowest BCUT2D eigenvalue weighted by molar-refractivity contribution is 0.0300. The second-order valence-corrected chi connectivity index (χ2v) is 9.78. The Bertz CT molecular complexity index is 1070. The molecular formula is C22H28N2O6S2. The van der Waals surface area contributed by atoms with Crippen molar-refractivity contribution in [1.29, 1.82) is 0 Å². The third-order valence-electron chi connectivity index (χ3n) is 5.25. The number of thioether (sulfide) groups is 1. The summed E-state index contributed by atoms with van der Waals surface area (Å²) in [5.41, 5.74) is 1.01. The summed E-state index contributed by atoms with van der Waals surface area (Å²) in [6, 6.07) is 9.24. The van der Waals surface area contributed by atoms with Crippen LogP contribution in [0.25, 0.3) is 0 Å². The van der Waals surface area contributed by atoms with E-state index in [1.807, 2.05) is 6.26 Å². The Balaban J connectivity index is 1.90. The number of carbonyl (C=O) groups is 1. The number of rotatable bonds is 8. The van der Waals surface area contributed by atoms with Crippen molar-refractivity contribution >= 4 is 27.7 Å². The van der Waals surface area contributed by atoms with Gasteiger partial charge in [-0.05, 0) is 49.6 Å². The van der Waals surface area contributed by atoms with Crippen LogP contribution in [-0.2, 0) is 14.8 Å². The summed E-state index contributed by atoms with van der Waals surface area (Å²) >= 11 is 1.40. The molecule has 32 heavy (non-hydrogen) atoms. The fourth-order valence-electron chi connectivity index (χ4n) is 3.50. The van der Waals surface area contributed by atoms with E-state index in [2.05, 4.69) is 4.72 Å². The second kappa shape index (κ2) is 10.6. The lowest BCUT2D eigenvalue weighted by Gasteiger charge is -2.27. The first-order chi connectivity index (χ1) is 15.3. The molecule has 10 heteroatoms. The van der Waals surface area contributed by atoms with Gasteiger partial charge in [0.15, 0.2) is 0 Å². The molecule has 0 bridgehead atoms. The van der Waals surface area contributed by atoms with Crippen LogP contribution in [0.5, 0.6) is 11.5 Å². The van der Waals surface area contributed by atoms with Crippen molar-refractivity contribution in [2.24, 2.45) is 0 Å². The van der Waals surface area contributed by atoms with Gasteiger partial charge in [-0.15, -0.1) is 11.8 Å². The first kappa shape index (κ1) is 24.4. The highest BCUT2D eigenvalue weighted by Crippen LogP contribution is 2.31. The average molecular weight is 481 g/mol. The molecule has 1 unspecified atom stereocenters. The highest BCUT2D eigenvalue weighted by molar-refractivity contribution is 7.98. The molecule has 0 saturated carbocycles. The fraction of sp³-hybridized carbons (Fsp3) is 0.409. The molecule has 2 aromatic carbocycles. The normalized spacial score (nSPS) is 15.3. The standard InChI is InChI=1S/C22H28N2O6S2/c1-15(18-13-16(28-2)5-7-20(18)29-3)23-32(26,27)17-6-8-21(31-4)19(14-17)22(25)24-9-11-30-12-10-24/h5-8,13-15,23H,9-12H2,1-4H3. The van der Waals surface area contributed by atoms with Crippen LogP contribution in [0, 0.1) is 0 Å². The van der Waals surface area contributed by atoms with Crippen molar-refractivity contribution in [2.45, 2.75) is 22.8 Å². The number of hydrogen-bond acceptors (Lipinski definition) is 7. The lowest BCUT2D eigenvalue weighted by Crippen LogP contribution is -2.41. The Labute approximate surface area is 193 Å². The van der Waals surface area contributed by atoms with Gasteiger partial charge in [-0.25, -0.2) is 13.1 Å². The topological polar surface area (TPSA) is 94.2 Å². The van der Waals surface area contributed by atoms with Crippen molar-refractivity contribution < 1.29 is 27.4 Å². The van der Waals surface area contributed by atoms with E-state index in [0.29, 0.717) is 48.9 Å². The summed E-state index contributed by atoms with van der Waals surface area (Å²) in [5.74, 6) is 0.939. The third kappa shape index (κ3) is 5.37. The molecule has 3 rings (SSSR count). The minimum absolute atomic E-state index is 0.0284. The van der Waals surface area contributed by atoms with Crippen LogP contribution in [0.1, 0.15) is 28.9 Å². The van der Waals surface area contributed by atoms with E-state index in [0.717, 1.165) is 4.90 Å². The zero-order valence-electron chi connectivity index (χ0n) is 18.6. The number of morpholine rings is 1. The molecule has 1 saturated heterocycles. The molecule has 0 aromatic heterocycles. The predicted molar refractivity (Wildman–Crippen MR) is 123 cm³/mol. The second-order valence-electron chi connectivity index (χ2n) is 7.22. The van der Waals surface area contributed by atoms with Gasteiger partial charge in [-0.2, -0.15) is 0 Å². The number of nitrogens with one attached hydrogen (secondary N) is 1. The number of nitrogens with zero attached hydrogens (tertiary/aromatic N) is 1. The summed E-state index contributed by atoms with van der Waals surface area (Å²) < 4.78 is 45.0. The highest BCUT2D eigenvalue weighted by Gasteiger charge is 2.26. The number of methoxy groups -OCH3 is 2. The monoisotopic (exact) mass is 480 g/mol.